The van der Waals surface area contributed by atoms with Crippen molar-refractivity contribution in [1.29, 1.82) is 0 Å². The van der Waals surface area contributed by atoms with E-state index in [-0.39, 0.29) is 46.9 Å². The molecule has 1 aliphatic carbocycles. The number of ketones is 1. The lowest BCUT2D eigenvalue weighted by atomic mass is 9.64. The Hall–Kier alpha value is -3.07. The number of hydrogen-bond donors (Lipinski definition) is 1. The number of allylic oxidation sites excluding steroid dienone is 2. The molecule has 1 fully saturated rings. The molecule has 0 bridgehead atoms. The van der Waals surface area contributed by atoms with Crippen molar-refractivity contribution >= 4 is 21.6 Å². The molecule has 216 valence electrons. The number of methoxy groups -OCH3 is 1. The predicted molar refractivity (Wildman–Crippen MR) is 154 cm³/mol. The Morgan fingerprint density at radius 1 is 1.12 bits per heavy atom. The summed E-state index contributed by atoms with van der Waals surface area (Å²) < 4.78 is 37.9. The number of sulfone groups is 1. The van der Waals surface area contributed by atoms with Crippen LogP contribution < -0.4 is 0 Å². The Morgan fingerprint density at radius 2 is 1.70 bits per heavy atom. The van der Waals surface area contributed by atoms with Gasteiger partial charge in [-0.15, -0.1) is 0 Å². The zero-order valence-corrected chi connectivity index (χ0v) is 24.9. The highest BCUT2D eigenvalue weighted by Crippen LogP contribution is 2.44. The van der Waals surface area contributed by atoms with Crippen molar-refractivity contribution < 1.29 is 32.6 Å². The van der Waals surface area contributed by atoms with Gasteiger partial charge in [0.05, 0.1) is 18.6 Å². The maximum atomic E-state index is 13.4. The summed E-state index contributed by atoms with van der Waals surface area (Å²) in [5, 5.41) is 11.5. The number of rotatable bonds is 10. The van der Waals surface area contributed by atoms with E-state index in [0.717, 1.165) is 5.56 Å². The number of carbonyl (C=O) groups excluding carboxylic acids is 2. The minimum absolute atomic E-state index is 0.00487. The van der Waals surface area contributed by atoms with Crippen molar-refractivity contribution in [2.24, 2.45) is 17.8 Å². The molecule has 40 heavy (non-hydrogen) atoms. The number of aliphatic hydroxyl groups is 1. The van der Waals surface area contributed by atoms with Crippen LogP contribution in [0.3, 0.4) is 0 Å². The topological polar surface area (TPSA) is 107 Å². The molecule has 0 amide bonds. The van der Waals surface area contributed by atoms with Crippen LogP contribution in [0.25, 0.3) is 0 Å². The first kappa shape index (κ1) is 31.5. The summed E-state index contributed by atoms with van der Waals surface area (Å²) in [7, 11) is -2.52. The van der Waals surface area contributed by atoms with Gasteiger partial charge in [0.25, 0.3) is 0 Å². The van der Waals surface area contributed by atoms with Crippen LogP contribution in [0.5, 0.6) is 0 Å². The largest absolute Gasteiger partial charge is 0.467 e. The summed E-state index contributed by atoms with van der Waals surface area (Å²) in [5.74, 6) is -1.76. The monoisotopic (exact) mass is 568 g/mol. The summed E-state index contributed by atoms with van der Waals surface area (Å²) in [6.07, 6.45) is 3.39. The van der Waals surface area contributed by atoms with Gasteiger partial charge in [-0.05, 0) is 55.9 Å². The summed E-state index contributed by atoms with van der Waals surface area (Å²) in [4.78, 5) is 26.3. The SMILES string of the molecule is COC(=O)[C@](C)(C/C=C1\[C@H](/C=C(\C)S(=O)(=O)c2ccccc2)[C@@H](C(C)C)CC(=O)[C@]1(C)O)OCc1ccccc1. The Labute approximate surface area is 237 Å². The zero-order chi connectivity index (χ0) is 29.7. The first-order chi connectivity index (χ1) is 18.7. The number of esters is 1. The standard InChI is InChI=1S/C32H40O7S/c1-22(2)26-20-29(33)32(5,35)28(27(26)19-23(3)40(36,37)25-15-11-8-12-16-25)17-18-31(4,30(34)38-6)39-21-24-13-9-7-10-14-24/h7-17,19,22,26-27,35H,18,20-21H2,1-6H3/b23-19+,28-17+/t26-,27-,31+,32-/m1/s1. The van der Waals surface area contributed by atoms with E-state index in [9.17, 15) is 23.1 Å². The van der Waals surface area contributed by atoms with E-state index in [2.05, 4.69) is 0 Å². The number of benzene rings is 2. The van der Waals surface area contributed by atoms with Gasteiger partial charge in [0.15, 0.2) is 11.4 Å². The molecule has 2 aromatic rings. The molecule has 4 atom stereocenters. The molecular weight excluding hydrogens is 528 g/mol. The van der Waals surface area contributed by atoms with Crippen molar-refractivity contribution in [3.8, 4) is 0 Å². The molecule has 2 aromatic carbocycles. The fraction of sp³-hybridized carbons (Fsp3) is 0.438. The highest BCUT2D eigenvalue weighted by Gasteiger charge is 2.48. The molecular formula is C32H40O7S. The summed E-state index contributed by atoms with van der Waals surface area (Å²) in [5.41, 5.74) is -2.04. The molecule has 0 unspecified atom stereocenters. The van der Waals surface area contributed by atoms with Crippen LogP contribution in [-0.4, -0.2) is 43.6 Å². The Balaban J connectivity index is 2.08. The number of carbonyl (C=O) groups is 2. The molecule has 1 aliphatic rings. The summed E-state index contributed by atoms with van der Waals surface area (Å²) in [6, 6.07) is 17.5. The van der Waals surface area contributed by atoms with Crippen LogP contribution in [-0.2, 0) is 35.5 Å². The molecule has 8 heteroatoms. The molecule has 0 saturated heterocycles. The fourth-order valence-electron chi connectivity index (χ4n) is 5.12. The minimum Gasteiger partial charge on any atom is -0.467 e. The molecule has 3 rings (SSSR count). The van der Waals surface area contributed by atoms with E-state index < -0.39 is 32.9 Å². The summed E-state index contributed by atoms with van der Waals surface area (Å²) >= 11 is 0. The van der Waals surface area contributed by atoms with Gasteiger partial charge in [-0.25, -0.2) is 13.2 Å². The number of hydrogen-bond acceptors (Lipinski definition) is 7. The molecule has 0 spiro atoms. The lowest BCUT2D eigenvalue weighted by molar-refractivity contribution is -0.168. The molecule has 7 nitrogen and oxygen atoms in total. The van der Waals surface area contributed by atoms with E-state index in [4.69, 9.17) is 9.47 Å². The van der Waals surface area contributed by atoms with Gasteiger partial charge in [-0.3, -0.25) is 4.79 Å². The van der Waals surface area contributed by atoms with Crippen molar-refractivity contribution in [3.63, 3.8) is 0 Å². The first-order valence-electron chi connectivity index (χ1n) is 13.4. The highest BCUT2D eigenvalue weighted by atomic mass is 32.2. The van der Waals surface area contributed by atoms with Gasteiger partial charge >= 0.3 is 5.97 Å². The van der Waals surface area contributed by atoms with Crippen LogP contribution >= 0.6 is 0 Å². The third-order valence-corrected chi connectivity index (χ3v) is 9.70. The predicted octanol–water partition coefficient (Wildman–Crippen LogP) is 5.44. The van der Waals surface area contributed by atoms with Crippen LogP contribution in [0.4, 0.5) is 0 Å². The quantitative estimate of drug-likeness (QED) is 0.300. The maximum absolute atomic E-state index is 13.4. The molecule has 0 radical (unpaired) electrons. The fourth-order valence-corrected chi connectivity index (χ4v) is 6.33. The van der Waals surface area contributed by atoms with Gasteiger partial charge in [0.2, 0.25) is 9.84 Å². The van der Waals surface area contributed by atoms with E-state index >= 15 is 0 Å². The number of ether oxygens (including phenoxy) is 2. The van der Waals surface area contributed by atoms with Crippen LogP contribution in [0.15, 0.2) is 88.2 Å². The zero-order valence-electron chi connectivity index (χ0n) is 24.1. The first-order valence-corrected chi connectivity index (χ1v) is 14.9. The van der Waals surface area contributed by atoms with E-state index in [0.29, 0.717) is 5.57 Å². The van der Waals surface area contributed by atoms with E-state index in [1.165, 1.54) is 33.1 Å². The number of Topliss-reactive ketones (excluding diaryl/α,β-unsaturated/α-hetero) is 1. The van der Waals surface area contributed by atoms with Crippen LogP contribution in [0, 0.1) is 17.8 Å². The third-order valence-electron chi connectivity index (χ3n) is 7.82. The van der Waals surface area contributed by atoms with Gasteiger partial charge in [-0.1, -0.05) is 74.5 Å². The second-order valence-corrected chi connectivity index (χ2v) is 13.2. The van der Waals surface area contributed by atoms with Crippen molar-refractivity contribution in [1.82, 2.24) is 0 Å². The molecule has 1 N–H and O–H groups in total. The Kier molecular flexibility index (Phi) is 9.93. The van der Waals surface area contributed by atoms with Gasteiger partial charge < -0.3 is 14.6 Å². The van der Waals surface area contributed by atoms with Crippen molar-refractivity contribution in [2.75, 3.05) is 7.11 Å². The third kappa shape index (κ3) is 6.79. The van der Waals surface area contributed by atoms with Gasteiger partial charge in [0, 0.05) is 23.7 Å². The average Bonchev–Trinajstić information content (AvgIpc) is 2.93. The summed E-state index contributed by atoms with van der Waals surface area (Å²) in [6.45, 7) is 8.66. The van der Waals surface area contributed by atoms with Crippen LogP contribution in [0.2, 0.25) is 0 Å². The Bertz CT molecular complexity index is 1360. The van der Waals surface area contributed by atoms with Gasteiger partial charge in [-0.2, -0.15) is 0 Å². The van der Waals surface area contributed by atoms with Crippen LogP contribution in [0.1, 0.15) is 53.0 Å². The second kappa shape index (κ2) is 12.6. The molecule has 0 aliphatic heterocycles. The Morgan fingerprint density at radius 3 is 2.25 bits per heavy atom. The molecule has 0 heterocycles. The molecule has 0 aromatic heterocycles. The normalized spacial score (nSPS) is 24.6. The lowest BCUT2D eigenvalue weighted by Gasteiger charge is -2.42. The van der Waals surface area contributed by atoms with E-state index in [1.807, 2.05) is 44.2 Å². The van der Waals surface area contributed by atoms with Gasteiger partial charge in [0.1, 0.15) is 5.60 Å². The van der Waals surface area contributed by atoms with Crippen molar-refractivity contribution in [2.45, 2.75) is 70.2 Å². The lowest BCUT2D eigenvalue weighted by Crippen LogP contribution is -2.49. The highest BCUT2D eigenvalue weighted by molar-refractivity contribution is 7.95. The smallest absolute Gasteiger partial charge is 0.338 e. The molecule has 1 saturated carbocycles. The minimum atomic E-state index is -3.79. The van der Waals surface area contributed by atoms with Crippen molar-refractivity contribution in [3.05, 3.63) is 88.9 Å². The maximum Gasteiger partial charge on any atom is 0.338 e. The van der Waals surface area contributed by atoms with E-state index in [1.54, 1.807) is 37.3 Å². The second-order valence-electron chi connectivity index (χ2n) is 11.1. The average molecular weight is 569 g/mol.